The number of nitrogens with zero attached hydrogens (tertiary/aromatic N) is 1. The molecular weight excluding hydrogens is 256 g/mol. The molecule has 1 saturated heterocycles. The number of rotatable bonds is 4. The minimum Gasteiger partial charge on any atom is -0.391 e. The van der Waals surface area contributed by atoms with Crippen LogP contribution in [0.15, 0.2) is 0 Å². The van der Waals surface area contributed by atoms with E-state index in [1.165, 1.54) is 19.3 Å². The first-order valence-electron chi connectivity index (χ1n) is 7.82. The molecule has 1 unspecified atom stereocenters. The van der Waals surface area contributed by atoms with Crippen molar-refractivity contribution >= 4 is 11.8 Å². The Bertz CT molecular complexity index is 353. The fourth-order valence-corrected chi connectivity index (χ4v) is 3.23. The predicted octanol–water partition coefficient (Wildman–Crippen LogP) is 1.05. The molecule has 1 aliphatic heterocycles. The Morgan fingerprint density at radius 3 is 2.55 bits per heavy atom. The van der Waals surface area contributed by atoms with E-state index in [0.717, 1.165) is 12.8 Å². The van der Waals surface area contributed by atoms with Gasteiger partial charge in [-0.2, -0.15) is 0 Å². The molecule has 0 aromatic heterocycles. The SMILES string of the molecule is CC(NC(=O)CC1CCCCC1)C(=O)N1CC[C@@H](O)C1. The van der Waals surface area contributed by atoms with Crippen LogP contribution in [0, 0.1) is 5.92 Å². The van der Waals surface area contributed by atoms with Crippen LogP contribution in [0.2, 0.25) is 0 Å². The summed E-state index contributed by atoms with van der Waals surface area (Å²) in [5.74, 6) is 0.385. The minimum absolute atomic E-state index is 0.0162. The molecule has 2 amide bonds. The molecule has 0 radical (unpaired) electrons. The topological polar surface area (TPSA) is 69.6 Å². The summed E-state index contributed by atoms with van der Waals surface area (Å²) in [6.45, 7) is 2.70. The number of aliphatic hydroxyl groups excluding tert-OH is 1. The number of likely N-dealkylation sites (tertiary alicyclic amines) is 1. The lowest BCUT2D eigenvalue weighted by molar-refractivity contribution is -0.135. The van der Waals surface area contributed by atoms with E-state index in [-0.39, 0.29) is 11.8 Å². The second-order valence-electron chi connectivity index (χ2n) is 6.22. The third kappa shape index (κ3) is 4.20. The van der Waals surface area contributed by atoms with E-state index in [1.807, 2.05) is 0 Å². The van der Waals surface area contributed by atoms with Crippen molar-refractivity contribution < 1.29 is 14.7 Å². The van der Waals surface area contributed by atoms with Gasteiger partial charge in [0.15, 0.2) is 0 Å². The van der Waals surface area contributed by atoms with Crippen molar-refractivity contribution in [1.82, 2.24) is 10.2 Å². The monoisotopic (exact) mass is 282 g/mol. The van der Waals surface area contributed by atoms with Crippen molar-refractivity contribution in [1.29, 1.82) is 0 Å². The van der Waals surface area contributed by atoms with Gasteiger partial charge >= 0.3 is 0 Å². The van der Waals surface area contributed by atoms with Crippen LogP contribution in [0.5, 0.6) is 0 Å². The molecule has 20 heavy (non-hydrogen) atoms. The second kappa shape index (κ2) is 7.07. The number of amides is 2. The zero-order valence-corrected chi connectivity index (χ0v) is 12.3. The second-order valence-corrected chi connectivity index (χ2v) is 6.22. The molecule has 2 atom stereocenters. The van der Waals surface area contributed by atoms with Gasteiger partial charge in [0.05, 0.1) is 6.10 Å². The lowest BCUT2D eigenvalue weighted by Gasteiger charge is -2.24. The lowest BCUT2D eigenvalue weighted by Crippen LogP contribution is -2.46. The molecule has 114 valence electrons. The number of aliphatic hydroxyl groups is 1. The maximum Gasteiger partial charge on any atom is 0.244 e. The maximum atomic E-state index is 12.1. The fraction of sp³-hybridized carbons (Fsp3) is 0.867. The van der Waals surface area contributed by atoms with Gasteiger partial charge in [-0.3, -0.25) is 9.59 Å². The number of nitrogens with one attached hydrogen (secondary N) is 1. The van der Waals surface area contributed by atoms with Gasteiger partial charge in [-0.05, 0) is 32.1 Å². The standard InChI is InChI=1S/C15H26N2O3/c1-11(15(20)17-8-7-13(18)10-17)16-14(19)9-12-5-3-2-4-6-12/h11-13,18H,2-10H2,1H3,(H,16,19)/t11?,13-/m1/s1. The van der Waals surface area contributed by atoms with E-state index >= 15 is 0 Å². The lowest BCUT2D eigenvalue weighted by atomic mass is 9.87. The van der Waals surface area contributed by atoms with E-state index in [9.17, 15) is 14.7 Å². The van der Waals surface area contributed by atoms with Crippen molar-refractivity contribution in [2.45, 2.75) is 64.0 Å². The van der Waals surface area contributed by atoms with E-state index in [4.69, 9.17) is 0 Å². The number of carbonyl (C=O) groups excluding carboxylic acids is 2. The summed E-state index contributed by atoms with van der Waals surface area (Å²) in [4.78, 5) is 25.7. The third-order valence-electron chi connectivity index (χ3n) is 4.42. The zero-order valence-electron chi connectivity index (χ0n) is 12.3. The van der Waals surface area contributed by atoms with Crippen molar-refractivity contribution in [3.8, 4) is 0 Å². The Labute approximate surface area is 120 Å². The van der Waals surface area contributed by atoms with Crippen molar-refractivity contribution in [2.75, 3.05) is 13.1 Å². The molecule has 5 nitrogen and oxygen atoms in total. The van der Waals surface area contributed by atoms with Crippen LogP contribution in [0.1, 0.15) is 51.9 Å². The van der Waals surface area contributed by atoms with Crippen LogP contribution >= 0.6 is 0 Å². The minimum atomic E-state index is -0.489. The first-order valence-corrected chi connectivity index (χ1v) is 7.82. The summed E-state index contributed by atoms with van der Waals surface area (Å²) >= 11 is 0. The highest BCUT2D eigenvalue weighted by atomic mass is 16.3. The van der Waals surface area contributed by atoms with Crippen LogP contribution in [-0.4, -0.2) is 47.1 Å². The van der Waals surface area contributed by atoms with E-state index < -0.39 is 12.1 Å². The van der Waals surface area contributed by atoms with Gasteiger partial charge in [-0.15, -0.1) is 0 Å². The molecule has 0 aromatic carbocycles. The van der Waals surface area contributed by atoms with Crippen molar-refractivity contribution in [3.63, 3.8) is 0 Å². The van der Waals surface area contributed by atoms with E-state index in [0.29, 0.717) is 31.8 Å². The summed E-state index contributed by atoms with van der Waals surface area (Å²) in [6.07, 6.45) is 6.75. The third-order valence-corrected chi connectivity index (χ3v) is 4.42. The highest BCUT2D eigenvalue weighted by Crippen LogP contribution is 2.26. The Balaban J connectivity index is 1.73. The van der Waals surface area contributed by atoms with Crippen LogP contribution in [0.4, 0.5) is 0 Å². The van der Waals surface area contributed by atoms with Gasteiger partial charge in [0.2, 0.25) is 11.8 Å². The summed E-state index contributed by atoms with van der Waals surface area (Å²) in [5, 5.41) is 12.3. The van der Waals surface area contributed by atoms with Gasteiger partial charge in [0.25, 0.3) is 0 Å². The molecule has 2 rings (SSSR count). The number of β-amino-alcohol motifs (C(OH)–C–C–N with tert-alkyl or cyclic N) is 1. The van der Waals surface area contributed by atoms with Crippen LogP contribution in [-0.2, 0) is 9.59 Å². The van der Waals surface area contributed by atoms with Crippen LogP contribution in [0.25, 0.3) is 0 Å². The average Bonchev–Trinajstić information content (AvgIpc) is 2.85. The zero-order chi connectivity index (χ0) is 14.5. The molecule has 0 spiro atoms. The van der Waals surface area contributed by atoms with Gasteiger partial charge < -0.3 is 15.3 Å². The Morgan fingerprint density at radius 2 is 1.95 bits per heavy atom. The Hall–Kier alpha value is -1.10. The van der Waals surface area contributed by atoms with E-state index in [2.05, 4.69) is 5.32 Å². The number of hydrogen-bond acceptors (Lipinski definition) is 3. The summed E-state index contributed by atoms with van der Waals surface area (Å²) < 4.78 is 0. The molecule has 2 fully saturated rings. The summed E-state index contributed by atoms with van der Waals surface area (Å²) in [7, 11) is 0. The molecule has 2 aliphatic rings. The van der Waals surface area contributed by atoms with E-state index in [1.54, 1.807) is 11.8 Å². The van der Waals surface area contributed by atoms with Gasteiger partial charge in [-0.25, -0.2) is 0 Å². The largest absolute Gasteiger partial charge is 0.391 e. The van der Waals surface area contributed by atoms with Crippen molar-refractivity contribution in [2.24, 2.45) is 5.92 Å². The Kier molecular flexibility index (Phi) is 5.40. The van der Waals surface area contributed by atoms with Crippen LogP contribution in [0.3, 0.4) is 0 Å². The molecule has 1 heterocycles. The molecule has 1 aliphatic carbocycles. The van der Waals surface area contributed by atoms with Crippen molar-refractivity contribution in [3.05, 3.63) is 0 Å². The fourth-order valence-electron chi connectivity index (χ4n) is 3.23. The molecule has 0 bridgehead atoms. The van der Waals surface area contributed by atoms with Gasteiger partial charge in [-0.1, -0.05) is 19.3 Å². The van der Waals surface area contributed by atoms with Crippen LogP contribution < -0.4 is 5.32 Å². The maximum absolute atomic E-state index is 12.1. The number of carbonyl (C=O) groups is 2. The molecular formula is C15H26N2O3. The molecule has 2 N–H and O–H groups in total. The molecule has 0 aromatic rings. The first kappa shape index (κ1) is 15.3. The smallest absolute Gasteiger partial charge is 0.244 e. The molecule has 1 saturated carbocycles. The highest BCUT2D eigenvalue weighted by molar-refractivity contribution is 5.87. The van der Waals surface area contributed by atoms with Gasteiger partial charge in [0, 0.05) is 19.5 Å². The summed E-state index contributed by atoms with van der Waals surface area (Å²) in [6, 6.07) is -0.489. The van der Waals surface area contributed by atoms with Gasteiger partial charge in [0.1, 0.15) is 6.04 Å². The predicted molar refractivity (Wildman–Crippen MR) is 76.0 cm³/mol. The normalized spacial score (nSPS) is 25.5. The Morgan fingerprint density at radius 1 is 1.25 bits per heavy atom. The average molecular weight is 282 g/mol. The number of hydrogen-bond donors (Lipinski definition) is 2. The first-order chi connectivity index (χ1) is 9.56. The summed E-state index contributed by atoms with van der Waals surface area (Å²) in [5.41, 5.74) is 0. The highest BCUT2D eigenvalue weighted by Gasteiger charge is 2.28. The quantitative estimate of drug-likeness (QED) is 0.810. The molecule has 5 heteroatoms.